The number of hydrogen-bond donors (Lipinski definition) is 1. The topological polar surface area (TPSA) is 52.0 Å². The zero-order valence-electron chi connectivity index (χ0n) is 12.0. The molecule has 0 radical (unpaired) electrons. The summed E-state index contributed by atoms with van der Waals surface area (Å²) in [5.74, 6) is 0.806. The van der Waals surface area contributed by atoms with E-state index in [0.29, 0.717) is 0 Å². The highest BCUT2D eigenvalue weighted by Crippen LogP contribution is 2.34. The van der Waals surface area contributed by atoms with Gasteiger partial charge in [-0.3, -0.25) is 4.68 Å². The van der Waals surface area contributed by atoms with Crippen molar-refractivity contribution < 1.29 is 4.74 Å². The van der Waals surface area contributed by atoms with Crippen LogP contribution < -0.4 is 10.1 Å². The molecule has 5 nitrogen and oxygen atoms in total. The smallest absolute Gasteiger partial charge is 0.161 e. The average molecular weight is 280 g/mol. The fourth-order valence-electron chi connectivity index (χ4n) is 2.18. The molecule has 2 rings (SSSR count). The van der Waals surface area contributed by atoms with Crippen LogP contribution in [0.15, 0.2) is 11.7 Å². The minimum Gasteiger partial charge on any atom is -0.493 e. The van der Waals surface area contributed by atoms with Crippen molar-refractivity contribution in [1.82, 2.24) is 20.1 Å². The summed E-state index contributed by atoms with van der Waals surface area (Å²) in [4.78, 5) is 5.53. The number of aryl methyl sites for hydroxylation is 1. The number of nitrogens with zero attached hydrogens (tertiary/aromatic N) is 3. The molecule has 1 atom stereocenters. The molecule has 6 heteroatoms. The van der Waals surface area contributed by atoms with Crippen LogP contribution in [-0.2, 0) is 0 Å². The summed E-state index contributed by atoms with van der Waals surface area (Å²) in [6.07, 6.45) is 1.77. The Morgan fingerprint density at radius 3 is 2.63 bits per heavy atom. The van der Waals surface area contributed by atoms with Crippen LogP contribution >= 0.6 is 11.3 Å². The Hall–Kier alpha value is -1.40. The number of ether oxygens (including phenoxy) is 1. The predicted octanol–water partition coefficient (Wildman–Crippen LogP) is 2.55. The van der Waals surface area contributed by atoms with Crippen molar-refractivity contribution in [2.24, 2.45) is 0 Å². The minimum absolute atomic E-state index is 0.0485. The van der Waals surface area contributed by atoms with Gasteiger partial charge >= 0.3 is 0 Å². The highest BCUT2D eigenvalue weighted by Gasteiger charge is 2.26. The van der Waals surface area contributed by atoms with E-state index in [1.807, 2.05) is 24.2 Å². The highest BCUT2D eigenvalue weighted by molar-refractivity contribution is 7.09. The van der Waals surface area contributed by atoms with Crippen LogP contribution in [-0.4, -0.2) is 28.9 Å². The molecule has 0 fully saturated rings. The van der Waals surface area contributed by atoms with E-state index < -0.39 is 0 Å². The van der Waals surface area contributed by atoms with Crippen LogP contribution in [0.25, 0.3) is 0 Å². The van der Waals surface area contributed by atoms with Crippen molar-refractivity contribution in [3.05, 3.63) is 28.0 Å². The van der Waals surface area contributed by atoms with Gasteiger partial charge in [0, 0.05) is 6.04 Å². The molecular formula is C13H20N4OS. The highest BCUT2D eigenvalue weighted by atomic mass is 32.1. The van der Waals surface area contributed by atoms with E-state index in [2.05, 4.69) is 29.2 Å². The summed E-state index contributed by atoms with van der Waals surface area (Å²) >= 11 is 1.65. The minimum atomic E-state index is 0.0485. The molecule has 2 aromatic rings. The van der Waals surface area contributed by atoms with Gasteiger partial charge in [-0.1, -0.05) is 0 Å². The molecular weight excluding hydrogens is 260 g/mol. The molecule has 0 bridgehead atoms. The zero-order chi connectivity index (χ0) is 14.0. The lowest BCUT2D eigenvalue weighted by Gasteiger charge is -2.20. The van der Waals surface area contributed by atoms with Crippen molar-refractivity contribution in [2.45, 2.75) is 32.9 Å². The molecule has 1 unspecified atom stereocenters. The van der Waals surface area contributed by atoms with Crippen LogP contribution in [0.3, 0.4) is 0 Å². The second-order valence-corrected chi connectivity index (χ2v) is 5.55. The first-order valence-corrected chi connectivity index (χ1v) is 7.16. The molecule has 1 N–H and O–H groups in total. The Balaban J connectivity index is 2.54. The molecule has 0 aliphatic carbocycles. The Morgan fingerprint density at radius 1 is 1.42 bits per heavy atom. The van der Waals surface area contributed by atoms with Crippen molar-refractivity contribution in [3.63, 3.8) is 0 Å². The maximum absolute atomic E-state index is 5.46. The fraction of sp³-hybridized carbons (Fsp3) is 0.538. The molecule has 0 saturated heterocycles. The van der Waals surface area contributed by atoms with Crippen LogP contribution in [0.5, 0.6) is 5.75 Å². The van der Waals surface area contributed by atoms with Gasteiger partial charge in [0.1, 0.15) is 5.69 Å². The van der Waals surface area contributed by atoms with Crippen molar-refractivity contribution in [2.75, 3.05) is 14.2 Å². The molecule has 0 spiro atoms. The van der Waals surface area contributed by atoms with Gasteiger partial charge in [-0.05, 0) is 27.8 Å². The Labute approximate surface area is 117 Å². The first-order valence-electron chi connectivity index (χ1n) is 6.28. The lowest BCUT2D eigenvalue weighted by Crippen LogP contribution is -2.23. The molecule has 19 heavy (non-hydrogen) atoms. The zero-order valence-corrected chi connectivity index (χ0v) is 12.8. The van der Waals surface area contributed by atoms with E-state index >= 15 is 0 Å². The van der Waals surface area contributed by atoms with Gasteiger partial charge in [0.2, 0.25) is 0 Å². The van der Waals surface area contributed by atoms with E-state index in [1.165, 1.54) is 4.88 Å². The molecule has 0 aromatic carbocycles. The van der Waals surface area contributed by atoms with Gasteiger partial charge in [-0.2, -0.15) is 5.10 Å². The van der Waals surface area contributed by atoms with E-state index in [-0.39, 0.29) is 12.1 Å². The van der Waals surface area contributed by atoms with E-state index in [4.69, 9.17) is 4.74 Å². The summed E-state index contributed by atoms with van der Waals surface area (Å²) in [6, 6.07) is 0.329. The molecule has 2 aromatic heterocycles. The summed E-state index contributed by atoms with van der Waals surface area (Å²) < 4.78 is 7.46. The quantitative estimate of drug-likeness (QED) is 0.914. The number of aromatic nitrogens is 3. The first-order chi connectivity index (χ1) is 9.10. The largest absolute Gasteiger partial charge is 0.493 e. The van der Waals surface area contributed by atoms with E-state index in [1.54, 1.807) is 24.6 Å². The second kappa shape index (κ2) is 5.71. The van der Waals surface area contributed by atoms with Gasteiger partial charge < -0.3 is 10.1 Å². The van der Waals surface area contributed by atoms with E-state index in [0.717, 1.165) is 17.1 Å². The summed E-state index contributed by atoms with van der Waals surface area (Å²) in [5.41, 5.74) is 3.97. The average Bonchev–Trinajstić information content (AvgIpc) is 2.98. The second-order valence-electron chi connectivity index (χ2n) is 4.66. The molecule has 0 saturated carbocycles. The number of nitrogens with one attached hydrogen (secondary N) is 1. The SMILES string of the molecule is CNC(c1scnc1C)c1c(OC)cnn1C(C)C. The van der Waals surface area contributed by atoms with Crippen LogP contribution in [0.4, 0.5) is 0 Å². The first kappa shape index (κ1) is 14.0. The summed E-state index contributed by atoms with van der Waals surface area (Å²) in [6.45, 7) is 6.25. The third-order valence-electron chi connectivity index (χ3n) is 3.11. The third-order valence-corrected chi connectivity index (χ3v) is 4.11. The van der Waals surface area contributed by atoms with Crippen LogP contribution in [0.1, 0.15) is 42.2 Å². The Kier molecular flexibility index (Phi) is 4.21. The van der Waals surface area contributed by atoms with Gasteiger partial charge in [-0.15, -0.1) is 11.3 Å². The molecule has 0 amide bonds. The number of thiazole rings is 1. The number of hydrogen-bond acceptors (Lipinski definition) is 5. The fourth-order valence-corrected chi connectivity index (χ4v) is 3.09. The van der Waals surface area contributed by atoms with Gasteiger partial charge in [0.25, 0.3) is 0 Å². The lowest BCUT2D eigenvalue weighted by molar-refractivity contribution is 0.396. The summed E-state index contributed by atoms with van der Waals surface area (Å²) in [5, 5.41) is 7.78. The van der Waals surface area contributed by atoms with Crippen molar-refractivity contribution >= 4 is 11.3 Å². The molecule has 0 aliphatic heterocycles. The number of rotatable bonds is 5. The number of methoxy groups -OCH3 is 1. The van der Waals surface area contributed by atoms with Gasteiger partial charge in [-0.25, -0.2) is 4.98 Å². The molecule has 104 valence electrons. The third kappa shape index (κ3) is 2.50. The Morgan fingerprint density at radius 2 is 2.16 bits per heavy atom. The van der Waals surface area contributed by atoms with Crippen molar-refractivity contribution in [3.8, 4) is 5.75 Å². The predicted molar refractivity (Wildman–Crippen MR) is 76.9 cm³/mol. The maximum Gasteiger partial charge on any atom is 0.161 e. The molecule has 2 heterocycles. The lowest BCUT2D eigenvalue weighted by atomic mass is 10.1. The maximum atomic E-state index is 5.46. The Bertz CT molecular complexity index is 547. The van der Waals surface area contributed by atoms with E-state index in [9.17, 15) is 0 Å². The van der Waals surface area contributed by atoms with Crippen LogP contribution in [0, 0.1) is 6.92 Å². The van der Waals surface area contributed by atoms with Crippen LogP contribution in [0.2, 0.25) is 0 Å². The monoisotopic (exact) mass is 280 g/mol. The van der Waals surface area contributed by atoms with Gasteiger partial charge in [0.05, 0.1) is 35.4 Å². The van der Waals surface area contributed by atoms with Crippen molar-refractivity contribution in [1.29, 1.82) is 0 Å². The molecule has 0 aliphatic rings. The standard InChI is InChI=1S/C13H20N4OS/c1-8(2)17-12(10(18-5)6-16-17)11(14-4)13-9(3)15-7-19-13/h6-8,11,14H,1-5H3. The van der Waals surface area contributed by atoms with Gasteiger partial charge in [0.15, 0.2) is 5.75 Å². The normalized spacial score (nSPS) is 12.9. The summed E-state index contributed by atoms with van der Waals surface area (Å²) in [7, 11) is 3.62.